The number of carboxylic acids is 1. The summed E-state index contributed by atoms with van der Waals surface area (Å²) in [5.74, 6) is -1.09. The van der Waals surface area contributed by atoms with Crippen molar-refractivity contribution in [3.05, 3.63) is 0 Å². The molecule has 0 bridgehead atoms. The van der Waals surface area contributed by atoms with E-state index in [2.05, 4.69) is 5.32 Å². The maximum atomic E-state index is 12.2. The van der Waals surface area contributed by atoms with Crippen molar-refractivity contribution in [2.75, 3.05) is 13.1 Å². The summed E-state index contributed by atoms with van der Waals surface area (Å²) in [5.41, 5.74) is -0.705. The van der Waals surface area contributed by atoms with Gasteiger partial charge in [-0.3, -0.25) is 0 Å². The van der Waals surface area contributed by atoms with Gasteiger partial charge in [0.1, 0.15) is 11.6 Å². The molecule has 1 aliphatic rings. The van der Waals surface area contributed by atoms with E-state index < -0.39 is 39.0 Å². The maximum Gasteiger partial charge on any atom is 0.408 e. The molecule has 2 N–H and O–H groups in total. The van der Waals surface area contributed by atoms with Crippen LogP contribution in [-0.4, -0.2) is 59.9 Å². The highest BCUT2D eigenvalue weighted by molar-refractivity contribution is 7.89. The van der Waals surface area contributed by atoms with Crippen molar-refractivity contribution in [3.8, 4) is 0 Å². The van der Waals surface area contributed by atoms with Gasteiger partial charge >= 0.3 is 12.1 Å². The Morgan fingerprint density at radius 2 is 1.76 bits per heavy atom. The van der Waals surface area contributed by atoms with Crippen molar-refractivity contribution < 1.29 is 27.9 Å². The van der Waals surface area contributed by atoms with E-state index in [1.807, 2.05) is 0 Å². The fourth-order valence-electron chi connectivity index (χ4n) is 2.70. The normalized spacial score (nSPS) is 18.8. The van der Waals surface area contributed by atoms with Gasteiger partial charge in [-0.15, -0.1) is 0 Å². The standard InChI is InChI=1S/C16H30N2O6S/c1-11(2)25(22,23)18-8-6-12(7-9-18)10-13(14(19)20)17-15(21)24-16(3,4)5/h11-13H,6-10H2,1-5H3,(H,17,21)(H,19,20)/t13-/m0/s1. The second-order valence-corrected chi connectivity index (χ2v) is 10.2. The van der Waals surface area contributed by atoms with Crippen molar-refractivity contribution in [3.63, 3.8) is 0 Å². The smallest absolute Gasteiger partial charge is 0.408 e. The second kappa shape index (κ2) is 8.35. The molecule has 0 radical (unpaired) electrons. The zero-order valence-electron chi connectivity index (χ0n) is 15.6. The average molecular weight is 378 g/mol. The number of carboxylic acid groups (broad SMARTS) is 1. The molecule has 1 aliphatic heterocycles. The first kappa shape index (κ1) is 21.7. The molecule has 1 heterocycles. The van der Waals surface area contributed by atoms with Gasteiger partial charge in [-0.05, 0) is 59.8 Å². The molecule has 1 fully saturated rings. The lowest BCUT2D eigenvalue weighted by molar-refractivity contribution is -0.140. The van der Waals surface area contributed by atoms with Crippen LogP contribution in [0.3, 0.4) is 0 Å². The number of hydrogen-bond donors (Lipinski definition) is 2. The van der Waals surface area contributed by atoms with E-state index in [0.717, 1.165) is 0 Å². The number of rotatable bonds is 6. The van der Waals surface area contributed by atoms with Gasteiger partial charge in [-0.2, -0.15) is 0 Å². The predicted octanol–water partition coefficient (Wildman–Crippen LogP) is 1.80. The SMILES string of the molecule is CC(C)S(=O)(=O)N1CCC(C[C@H](NC(=O)OC(C)(C)C)C(=O)O)CC1. The van der Waals surface area contributed by atoms with Gasteiger partial charge in [-0.25, -0.2) is 22.3 Å². The minimum atomic E-state index is -3.28. The molecule has 1 rings (SSSR count). The number of alkyl carbamates (subject to hydrolysis) is 1. The number of aliphatic carboxylic acids is 1. The largest absolute Gasteiger partial charge is 0.480 e. The number of carbonyl (C=O) groups is 2. The fourth-order valence-corrected chi connectivity index (χ4v) is 4.02. The second-order valence-electron chi connectivity index (χ2n) is 7.71. The molecule has 9 heteroatoms. The minimum absolute atomic E-state index is 0.0367. The molecule has 0 aromatic heterocycles. The number of nitrogens with zero attached hydrogens (tertiary/aromatic N) is 1. The van der Waals surface area contributed by atoms with E-state index >= 15 is 0 Å². The highest BCUT2D eigenvalue weighted by Gasteiger charge is 2.33. The lowest BCUT2D eigenvalue weighted by Gasteiger charge is -2.33. The van der Waals surface area contributed by atoms with Crippen LogP contribution in [0.2, 0.25) is 0 Å². The summed E-state index contributed by atoms with van der Waals surface area (Å²) in [5, 5.41) is 11.2. The first-order valence-electron chi connectivity index (χ1n) is 8.54. The number of sulfonamides is 1. The topological polar surface area (TPSA) is 113 Å². The summed E-state index contributed by atoms with van der Waals surface area (Å²) in [6.45, 7) is 9.15. The molecule has 8 nitrogen and oxygen atoms in total. The zero-order chi connectivity index (χ0) is 19.4. The summed E-state index contributed by atoms with van der Waals surface area (Å²) >= 11 is 0. The van der Waals surface area contributed by atoms with Crippen LogP contribution in [0.1, 0.15) is 53.9 Å². The van der Waals surface area contributed by atoms with Gasteiger partial charge in [0.05, 0.1) is 5.25 Å². The number of nitrogens with one attached hydrogen (secondary N) is 1. The monoisotopic (exact) mass is 378 g/mol. The van der Waals surface area contributed by atoms with Gasteiger partial charge in [-0.1, -0.05) is 0 Å². The summed E-state index contributed by atoms with van der Waals surface area (Å²) in [6.07, 6.45) is 0.640. The minimum Gasteiger partial charge on any atom is -0.480 e. The van der Waals surface area contributed by atoms with Crippen molar-refractivity contribution in [1.29, 1.82) is 0 Å². The predicted molar refractivity (Wildman–Crippen MR) is 93.8 cm³/mol. The lowest BCUT2D eigenvalue weighted by atomic mass is 9.91. The molecule has 0 aromatic rings. The first-order valence-corrected chi connectivity index (χ1v) is 10.0. The van der Waals surface area contributed by atoms with Crippen LogP contribution >= 0.6 is 0 Å². The van der Waals surface area contributed by atoms with Crippen LogP contribution in [-0.2, 0) is 19.6 Å². The molecule has 0 aromatic carbocycles. The molecular weight excluding hydrogens is 348 g/mol. The number of piperidine rings is 1. The molecule has 146 valence electrons. The van der Waals surface area contributed by atoms with Crippen LogP contribution in [0.4, 0.5) is 4.79 Å². The molecule has 1 amide bonds. The molecule has 25 heavy (non-hydrogen) atoms. The first-order chi connectivity index (χ1) is 11.3. The highest BCUT2D eigenvalue weighted by atomic mass is 32.2. The Bertz CT molecular complexity index is 574. The van der Waals surface area contributed by atoms with Crippen molar-refractivity contribution in [1.82, 2.24) is 9.62 Å². The Morgan fingerprint density at radius 3 is 2.16 bits per heavy atom. The Hall–Kier alpha value is -1.35. The van der Waals surface area contributed by atoms with E-state index in [0.29, 0.717) is 25.9 Å². The highest BCUT2D eigenvalue weighted by Crippen LogP contribution is 2.25. The Morgan fingerprint density at radius 1 is 1.24 bits per heavy atom. The molecular formula is C16H30N2O6S. The van der Waals surface area contributed by atoms with Crippen LogP contribution in [0.5, 0.6) is 0 Å². The van der Waals surface area contributed by atoms with E-state index in [-0.39, 0.29) is 12.3 Å². The van der Waals surface area contributed by atoms with Crippen LogP contribution in [0.15, 0.2) is 0 Å². The third kappa shape index (κ3) is 6.81. The maximum absolute atomic E-state index is 12.2. The number of carbonyl (C=O) groups excluding carboxylic acids is 1. The molecule has 1 saturated heterocycles. The number of amides is 1. The third-order valence-electron chi connectivity index (χ3n) is 4.09. The van der Waals surface area contributed by atoms with Crippen LogP contribution in [0, 0.1) is 5.92 Å². The molecule has 0 aliphatic carbocycles. The van der Waals surface area contributed by atoms with Gasteiger partial charge in [0.25, 0.3) is 0 Å². The van der Waals surface area contributed by atoms with E-state index in [9.17, 15) is 23.1 Å². The lowest BCUT2D eigenvalue weighted by Crippen LogP contribution is -2.46. The summed E-state index contributed by atoms with van der Waals surface area (Å²) in [7, 11) is -3.28. The Kier molecular flexibility index (Phi) is 7.25. The molecule has 0 saturated carbocycles. The van der Waals surface area contributed by atoms with Gasteiger partial charge in [0, 0.05) is 13.1 Å². The van der Waals surface area contributed by atoms with E-state index in [4.69, 9.17) is 4.74 Å². The van der Waals surface area contributed by atoms with Crippen molar-refractivity contribution in [2.24, 2.45) is 5.92 Å². The Balaban J connectivity index is 2.59. The Labute approximate surface area is 150 Å². The summed E-state index contributed by atoms with van der Waals surface area (Å²) in [6, 6.07) is -1.05. The average Bonchev–Trinajstić information content (AvgIpc) is 2.44. The van der Waals surface area contributed by atoms with Gasteiger partial charge in [0.15, 0.2) is 0 Å². The summed E-state index contributed by atoms with van der Waals surface area (Å²) in [4.78, 5) is 23.2. The number of hydrogen-bond acceptors (Lipinski definition) is 5. The van der Waals surface area contributed by atoms with E-state index in [1.165, 1.54) is 4.31 Å². The van der Waals surface area contributed by atoms with Crippen molar-refractivity contribution in [2.45, 2.75) is 70.8 Å². The molecule has 1 atom stereocenters. The fraction of sp³-hybridized carbons (Fsp3) is 0.875. The van der Waals surface area contributed by atoms with Gasteiger partial charge < -0.3 is 15.2 Å². The zero-order valence-corrected chi connectivity index (χ0v) is 16.4. The molecule has 0 spiro atoms. The number of ether oxygens (including phenoxy) is 1. The quantitative estimate of drug-likeness (QED) is 0.729. The van der Waals surface area contributed by atoms with Gasteiger partial charge in [0.2, 0.25) is 10.0 Å². The van der Waals surface area contributed by atoms with Crippen LogP contribution in [0.25, 0.3) is 0 Å². The molecule has 0 unspecified atom stereocenters. The van der Waals surface area contributed by atoms with Crippen LogP contribution < -0.4 is 5.32 Å². The van der Waals surface area contributed by atoms with E-state index in [1.54, 1.807) is 34.6 Å². The summed E-state index contributed by atoms with van der Waals surface area (Å²) < 4.78 is 30.9. The third-order valence-corrected chi connectivity index (χ3v) is 6.36. The van der Waals surface area contributed by atoms with Crippen molar-refractivity contribution >= 4 is 22.1 Å².